The van der Waals surface area contributed by atoms with E-state index in [2.05, 4.69) is 48.7 Å². The molecule has 2 saturated heterocycles. The Morgan fingerprint density at radius 2 is 1.92 bits per heavy atom. The zero-order valence-electron chi connectivity index (χ0n) is 22.1. The van der Waals surface area contributed by atoms with Crippen LogP contribution in [0.3, 0.4) is 0 Å². The van der Waals surface area contributed by atoms with Crippen LogP contribution in [0.1, 0.15) is 82.4 Å². The molecule has 2 aromatic rings. The molecule has 1 unspecified atom stereocenters. The molecular weight excluding hydrogens is 456 g/mol. The number of aliphatic hydroxyl groups excluding tert-OH is 1. The number of carbonyl (C=O) groups excluding carboxylic acids is 1. The smallest absolute Gasteiger partial charge is 0.252 e. The molecule has 1 amide bonds. The summed E-state index contributed by atoms with van der Waals surface area (Å²) in [5.74, 6) is 0.00918. The topological polar surface area (TPSA) is 113 Å². The third-order valence-electron chi connectivity index (χ3n) is 7.48. The number of allylic oxidation sites excluding steroid dienone is 3. The number of amides is 1. The Hall–Kier alpha value is -2.75. The third kappa shape index (κ3) is 4.79. The average Bonchev–Trinajstić information content (AvgIpc) is 3.12. The zero-order chi connectivity index (χ0) is 25.8. The molecule has 1 atom stereocenters. The normalized spacial score (nSPS) is 24.3. The van der Waals surface area contributed by atoms with Crippen molar-refractivity contribution in [2.24, 2.45) is 0 Å². The monoisotopic (exact) mass is 494 g/mol. The maximum absolute atomic E-state index is 13.6. The Balaban J connectivity index is 1.51. The fraction of sp³-hybridized carbons (Fsp3) is 0.593. The van der Waals surface area contributed by atoms with Crippen molar-refractivity contribution in [1.29, 1.82) is 0 Å². The van der Waals surface area contributed by atoms with Gasteiger partial charge in [-0.15, -0.1) is 0 Å². The Morgan fingerprint density at radius 3 is 2.53 bits per heavy atom. The van der Waals surface area contributed by atoms with Crippen molar-refractivity contribution >= 4 is 16.9 Å². The number of piperidine rings is 1. The maximum atomic E-state index is 13.6. The van der Waals surface area contributed by atoms with E-state index in [0.717, 1.165) is 46.4 Å². The van der Waals surface area contributed by atoms with Crippen LogP contribution in [0.4, 0.5) is 0 Å². The van der Waals surface area contributed by atoms with E-state index in [4.69, 9.17) is 9.72 Å². The van der Waals surface area contributed by atoms with Crippen LogP contribution in [0.15, 0.2) is 35.2 Å². The van der Waals surface area contributed by atoms with Gasteiger partial charge in [0.15, 0.2) is 5.65 Å². The van der Waals surface area contributed by atoms with Gasteiger partial charge >= 0.3 is 0 Å². The Kier molecular flexibility index (Phi) is 6.21. The number of fused-ring (bicyclic) bond motifs is 1. The van der Waals surface area contributed by atoms with Crippen LogP contribution in [-0.4, -0.2) is 62.8 Å². The predicted molar refractivity (Wildman–Crippen MR) is 139 cm³/mol. The highest BCUT2D eigenvalue weighted by atomic mass is 16.5. The predicted octanol–water partition coefficient (Wildman–Crippen LogP) is 2.90. The van der Waals surface area contributed by atoms with Gasteiger partial charge in [-0.25, -0.2) is 9.67 Å². The highest BCUT2D eigenvalue weighted by Gasteiger charge is 2.39. The first-order chi connectivity index (χ1) is 16.9. The molecule has 36 heavy (non-hydrogen) atoms. The van der Waals surface area contributed by atoms with Gasteiger partial charge in [-0.3, -0.25) is 4.79 Å². The summed E-state index contributed by atoms with van der Waals surface area (Å²) in [5, 5.41) is 25.6. The molecule has 0 aromatic carbocycles. The minimum atomic E-state index is -0.816. The number of aliphatic hydroxyl groups is 1. The fourth-order valence-electron chi connectivity index (χ4n) is 6.08. The number of pyridine rings is 1. The minimum Gasteiger partial charge on any atom is -0.377 e. The Bertz CT molecular complexity index is 1240. The average molecular weight is 495 g/mol. The number of rotatable bonds is 5. The number of nitrogens with one attached hydrogen (secondary N) is 3. The second kappa shape index (κ2) is 8.97. The van der Waals surface area contributed by atoms with E-state index in [1.807, 2.05) is 30.7 Å². The fourth-order valence-corrected chi connectivity index (χ4v) is 6.08. The van der Waals surface area contributed by atoms with Gasteiger partial charge in [-0.05, 0) is 72.1 Å². The van der Waals surface area contributed by atoms with Crippen molar-refractivity contribution in [3.05, 3.63) is 46.4 Å². The van der Waals surface area contributed by atoms with Crippen LogP contribution in [0.2, 0.25) is 0 Å². The molecule has 5 heterocycles. The van der Waals surface area contributed by atoms with Crippen molar-refractivity contribution < 1.29 is 14.6 Å². The number of hydrogen-bond acceptors (Lipinski definition) is 7. The van der Waals surface area contributed by atoms with Crippen LogP contribution in [-0.2, 0) is 4.74 Å². The van der Waals surface area contributed by atoms with Gasteiger partial charge < -0.3 is 25.8 Å². The summed E-state index contributed by atoms with van der Waals surface area (Å²) in [6.07, 6.45) is 4.74. The molecule has 3 aliphatic heterocycles. The number of carbonyl (C=O) groups is 1. The SMILES string of the molecule is CC1=CC(C)=C(CNC(=O)c2cc(C3CC(C)(C)NC(C)(C)C3)nc3c2cnn3C2COC2)C(O)N1. The molecule has 2 aromatic heterocycles. The van der Waals surface area contributed by atoms with Gasteiger partial charge in [0, 0.05) is 40.5 Å². The summed E-state index contributed by atoms with van der Waals surface area (Å²) in [6, 6.07) is 2.08. The lowest BCUT2D eigenvalue weighted by molar-refractivity contribution is -0.0269. The van der Waals surface area contributed by atoms with E-state index in [-0.39, 0.29) is 35.5 Å². The van der Waals surface area contributed by atoms with E-state index >= 15 is 0 Å². The van der Waals surface area contributed by atoms with Crippen molar-refractivity contribution in [1.82, 2.24) is 30.7 Å². The third-order valence-corrected chi connectivity index (χ3v) is 7.48. The number of dihydropyridines is 1. The van der Waals surface area contributed by atoms with Crippen molar-refractivity contribution in [2.75, 3.05) is 19.8 Å². The molecule has 9 nitrogen and oxygen atoms in total. The highest BCUT2D eigenvalue weighted by molar-refractivity contribution is 6.05. The first-order valence-corrected chi connectivity index (χ1v) is 12.8. The Labute approximate surface area is 212 Å². The van der Waals surface area contributed by atoms with Crippen LogP contribution in [0, 0.1) is 0 Å². The van der Waals surface area contributed by atoms with E-state index in [0.29, 0.717) is 18.8 Å². The molecule has 194 valence electrons. The molecular formula is C27H38N6O3. The molecule has 0 radical (unpaired) electrons. The van der Waals surface area contributed by atoms with E-state index in [9.17, 15) is 9.90 Å². The largest absolute Gasteiger partial charge is 0.377 e. The van der Waals surface area contributed by atoms with Crippen LogP contribution in [0.5, 0.6) is 0 Å². The molecule has 0 spiro atoms. The summed E-state index contributed by atoms with van der Waals surface area (Å²) in [4.78, 5) is 18.7. The van der Waals surface area contributed by atoms with Gasteiger partial charge in [0.25, 0.3) is 5.91 Å². The summed E-state index contributed by atoms with van der Waals surface area (Å²) >= 11 is 0. The summed E-state index contributed by atoms with van der Waals surface area (Å²) in [6.45, 7) is 14.2. The second-order valence-electron chi connectivity index (χ2n) is 11.9. The van der Waals surface area contributed by atoms with Gasteiger partial charge in [0.1, 0.15) is 12.3 Å². The van der Waals surface area contributed by atoms with Crippen LogP contribution in [0.25, 0.3) is 11.0 Å². The molecule has 9 heteroatoms. The lowest BCUT2D eigenvalue weighted by Crippen LogP contribution is -2.57. The van der Waals surface area contributed by atoms with Crippen molar-refractivity contribution in [3.8, 4) is 0 Å². The van der Waals surface area contributed by atoms with Crippen LogP contribution < -0.4 is 16.0 Å². The van der Waals surface area contributed by atoms with Gasteiger partial charge in [0.2, 0.25) is 0 Å². The van der Waals surface area contributed by atoms with E-state index < -0.39 is 6.23 Å². The van der Waals surface area contributed by atoms with Gasteiger partial charge in [-0.2, -0.15) is 5.10 Å². The summed E-state index contributed by atoms with van der Waals surface area (Å²) in [7, 11) is 0. The van der Waals surface area contributed by atoms with Gasteiger partial charge in [0.05, 0.1) is 30.4 Å². The molecule has 2 fully saturated rings. The zero-order valence-corrected chi connectivity index (χ0v) is 22.1. The Morgan fingerprint density at radius 1 is 1.22 bits per heavy atom. The molecule has 5 rings (SSSR count). The van der Waals surface area contributed by atoms with E-state index in [1.54, 1.807) is 6.20 Å². The quantitative estimate of drug-likeness (QED) is 0.505. The number of ether oxygens (including phenoxy) is 1. The first-order valence-electron chi connectivity index (χ1n) is 12.8. The number of aromatic nitrogens is 3. The van der Waals surface area contributed by atoms with Crippen LogP contribution >= 0.6 is 0 Å². The molecule has 0 bridgehead atoms. The lowest BCUT2D eigenvalue weighted by Gasteiger charge is -2.46. The summed E-state index contributed by atoms with van der Waals surface area (Å²) < 4.78 is 7.31. The molecule has 0 aliphatic carbocycles. The van der Waals surface area contributed by atoms with Gasteiger partial charge in [-0.1, -0.05) is 0 Å². The summed E-state index contributed by atoms with van der Waals surface area (Å²) in [5.41, 5.74) is 4.73. The second-order valence-corrected chi connectivity index (χ2v) is 11.9. The highest BCUT2D eigenvalue weighted by Crippen LogP contribution is 2.39. The first kappa shape index (κ1) is 24.9. The minimum absolute atomic E-state index is 0.0483. The molecule has 0 saturated carbocycles. The number of nitrogens with zero attached hydrogens (tertiary/aromatic N) is 3. The van der Waals surface area contributed by atoms with Crippen molar-refractivity contribution in [2.45, 2.75) is 83.6 Å². The van der Waals surface area contributed by atoms with Crippen molar-refractivity contribution in [3.63, 3.8) is 0 Å². The molecule has 4 N–H and O–H groups in total. The standard InChI is InChI=1S/C27H38N6O3/c1-15-7-16(2)30-25(35)20(15)11-28-24(34)19-8-22(17-9-26(3,4)32-27(5,6)10-17)31-23-21(19)12-29-33(23)18-13-36-14-18/h7-8,12,17-18,25,30,32,35H,9-11,13-14H2,1-6H3,(H,28,34). The maximum Gasteiger partial charge on any atom is 0.252 e. The molecule has 3 aliphatic rings. The lowest BCUT2D eigenvalue weighted by atomic mass is 9.74. The number of hydrogen-bond donors (Lipinski definition) is 4. The van der Waals surface area contributed by atoms with E-state index in [1.165, 1.54) is 0 Å².